The van der Waals surface area contributed by atoms with Crippen molar-refractivity contribution >= 4 is 5.96 Å². The summed E-state index contributed by atoms with van der Waals surface area (Å²) in [6.45, 7) is 15.0. The summed E-state index contributed by atoms with van der Waals surface area (Å²) in [7, 11) is 0. The Hall–Kier alpha value is -1.59. The van der Waals surface area contributed by atoms with Crippen LogP contribution in [0.25, 0.3) is 0 Å². The molecule has 140 valence electrons. The van der Waals surface area contributed by atoms with E-state index < -0.39 is 0 Å². The van der Waals surface area contributed by atoms with E-state index in [4.69, 9.17) is 9.73 Å². The van der Waals surface area contributed by atoms with Gasteiger partial charge in [-0.25, -0.2) is 4.99 Å². The molecule has 0 bridgehead atoms. The lowest BCUT2D eigenvalue weighted by atomic mass is 10.1. The molecule has 25 heavy (non-hydrogen) atoms. The van der Waals surface area contributed by atoms with Crippen molar-refractivity contribution in [3.63, 3.8) is 0 Å². The highest BCUT2D eigenvalue weighted by molar-refractivity contribution is 5.79. The average molecular weight is 347 g/mol. The fourth-order valence-electron chi connectivity index (χ4n) is 3.12. The quantitative estimate of drug-likeness (QED) is 0.588. The summed E-state index contributed by atoms with van der Waals surface area (Å²) in [6, 6.07) is 8.49. The molecule has 0 amide bonds. The van der Waals surface area contributed by atoms with E-state index in [2.05, 4.69) is 67.5 Å². The minimum atomic E-state index is 0.218. The molecule has 0 aromatic heterocycles. The number of aryl methyl sites for hydroxylation is 1. The monoisotopic (exact) mass is 346 g/mol. The molecular formula is C20H34N4O. The van der Waals surface area contributed by atoms with Crippen LogP contribution >= 0.6 is 0 Å². The minimum Gasteiger partial charge on any atom is -0.374 e. The van der Waals surface area contributed by atoms with Gasteiger partial charge in [-0.1, -0.05) is 43.7 Å². The summed E-state index contributed by atoms with van der Waals surface area (Å²) in [5, 5.41) is 6.76. The normalized spacial score (nSPS) is 19.2. The summed E-state index contributed by atoms with van der Waals surface area (Å²) in [5.41, 5.74) is 2.50. The number of benzene rings is 1. The molecule has 2 rings (SSSR count). The first-order chi connectivity index (χ1) is 12.1. The van der Waals surface area contributed by atoms with Crippen LogP contribution in [0.1, 0.15) is 31.9 Å². The van der Waals surface area contributed by atoms with Crippen LogP contribution in [0.4, 0.5) is 0 Å². The first-order valence-electron chi connectivity index (χ1n) is 9.48. The maximum absolute atomic E-state index is 5.91. The van der Waals surface area contributed by atoms with Crippen molar-refractivity contribution < 1.29 is 4.74 Å². The van der Waals surface area contributed by atoms with Gasteiger partial charge in [-0.05, 0) is 25.3 Å². The molecule has 1 saturated heterocycles. The fourth-order valence-corrected chi connectivity index (χ4v) is 3.12. The number of hydrogen-bond donors (Lipinski definition) is 2. The first-order valence-corrected chi connectivity index (χ1v) is 9.48. The number of ether oxygens (including phenoxy) is 1. The molecule has 5 nitrogen and oxygen atoms in total. The second-order valence-electron chi connectivity index (χ2n) is 7.21. The lowest BCUT2D eigenvalue weighted by Crippen LogP contribution is -2.50. The molecule has 1 atom stereocenters. The molecule has 5 heteroatoms. The molecule has 0 spiro atoms. The molecule has 1 fully saturated rings. The van der Waals surface area contributed by atoms with Crippen molar-refractivity contribution in [3.8, 4) is 0 Å². The number of aliphatic imine (C=N–C) groups is 1. The van der Waals surface area contributed by atoms with E-state index in [0.29, 0.717) is 12.5 Å². The Morgan fingerprint density at radius 2 is 2.20 bits per heavy atom. The third-order valence-electron chi connectivity index (χ3n) is 4.19. The standard InChI is InChI=1S/C20H34N4O/c1-5-21-20(22-12-18-8-6-7-17(4)11-18)23-13-19-15-24(9-10-25-19)14-16(2)3/h6-8,11,16,19H,5,9-10,12-15H2,1-4H3,(H2,21,22,23). The van der Waals surface area contributed by atoms with Gasteiger partial charge in [0.05, 0.1) is 19.3 Å². The second kappa shape index (κ2) is 10.4. The summed E-state index contributed by atoms with van der Waals surface area (Å²) in [4.78, 5) is 7.20. The van der Waals surface area contributed by atoms with Crippen molar-refractivity contribution in [2.24, 2.45) is 10.9 Å². The third kappa shape index (κ3) is 7.45. The van der Waals surface area contributed by atoms with Gasteiger partial charge in [-0.2, -0.15) is 0 Å². The highest BCUT2D eigenvalue weighted by Crippen LogP contribution is 2.08. The topological polar surface area (TPSA) is 48.9 Å². The third-order valence-corrected chi connectivity index (χ3v) is 4.19. The van der Waals surface area contributed by atoms with E-state index in [1.807, 2.05) is 0 Å². The van der Waals surface area contributed by atoms with E-state index >= 15 is 0 Å². The molecule has 1 aromatic rings. The van der Waals surface area contributed by atoms with E-state index in [-0.39, 0.29) is 6.10 Å². The Bertz CT molecular complexity index is 544. The molecule has 0 aliphatic carbocycles. The van der Waals surface area contributed by atoms with Crippen molar-refractivity contribution in [1.82, 2.24) is 15.5 Å². The number of guanidine groups is 1. The average Bonchev–Trinajstić information content (AvgIpc) is 2.57. The highest BCUT2D eigenvalue weighted by atomic mass is 16.5. The summed E-state index contributed by atoms with van der Waals surface area (Å²) >= 11 is 0. The smallest absolute Gasteiger partial charge is 0.191 e. The van der Waals surface area contributed by atoms with Gasteiger partial charge in [0.25, 0.3) is 0 Å². The van der Waals surface area contributed by atoms with Crippen LogP contribution in [0.5, 0.6) is 0 Å². The molecular weight excluding hydrogens is 312 g/mol. The molecule has 0 saturated carbocycles. The zero-order valence-electron chi connectivity index (χ0n) is 16.2. The molecule has 1 aromatic carbocycles. The van der Waals surface area contributed by atoms with Gasteiger partial charge in [0.15, 0.2) is 5.96 Å². The lowest BCUT2D eigenvalue weighted by molar-refractivity contribution is -0.0284. The van der Waals surface area contributed by atoms with Crippen LogP contribution in [-0.2, 0) is 11.3 Å². The van der Waals surface area contributed by atoms with Crippen LogP contribution in [0.3, 0.4) is 0 Å². The molecule has 1 heterocycles. The van der Waals surface area contributed by atoms with Crippen LogP contribution in [0.15, 0.2) is 29.3 Å². The van der Waals surface area contributed by atoms with Gasteiger partial charge in [0.1, 0.15) is 0 Å². The zero-order valence-corrected chi connectivity index (χ0v) is 16.2. The molecule has 1 aliphatic heterocycles. The van der Waals surface area contributed by atoms with E-state index in [1.165, 1.54) is 11.1 Å². The number of rotatable bonds is 7. The molecule has 2 N–H and O–H groups in total. The summed E-state index contributed by atoms with van der Waals surface area (Å²) in [6.07, 6.45) is 0.218. The molecule has 0 radical (unpaired) electrons. The van der Waals surface area contributed by atoms with Gasteiger partial charge in [0.2, 0.25) is 0 Å². The Labute approximate surface area is 152 Å². The van der Waals surface area contributed by atoms with Gasteiger partial charge in [-0.3, -0.25) is 4.90 Å². The van der Waals surface area contributed by atoms with Gasteiger partial charge < -0.3 is 15.4 Å². The van der Waals surface area contributed by atoms with Crippen LogP contribution in [0.2, 0.25) is 0 Å². The van der Waals surface area contributed by atoms with E-state index in [9.17, 15) is 0 Å². The predicted octanol–water partition coefficient (Wildman–Crippen LogP) is 2.41. The SMILES string of the molecule is CCNC(=NCc1cccc(C)c1)NCC1CN(CC(C)C)CCO1. The van der Waals surface area contributed by atoms with E-state index in [0.717, 1.165) is 45.3 Å². The van der Waals surface area contributed by atoms with E-state index in [1.54, 1.807) is 0 Å². The Kier molecular flexibility index (Phi) is 8.22. The maximum Gasteiger partial charge on any atom is 0.191 e. The Morgan fingerprint density at radius 1 is 1.36 bits per heavy atom. The van der Waals surface area contributed by atoms with Crippen molar-refractivity contribution in [2.75, 3.05) is 39.3 Å². The highest BCUT2D eigenvalue weighted by Gasteiger charge is 2.21. The minimum absolute atomic E-state index is 0.218. The number of nitrogens with one attached hydrogen (secondary N) is 2. The van der Waals surface area contributed by atoms with Crippen LogP contribution < -0.4 is 10.6 Å². The Balaban J connectivity index is 1.85. The van der Waals surface area contributed by atoms with Gasteiger partial charge in [0, 0.05) is 32.7 Å². The lowest BCUT2D eigenvalue weighted by Gasteiger charge is -2.34. The van der Waals surface area contributed by atoms with Gasteiger partial charge >= 0.3 is 0 Å². The molecule has 1 unspecified atom stereocenters. The second-order valence-corrected chi connectivity index (χ2v) is 7.21. The zero-order chi connectivity index (χ0) is 18.1. The predicted molar refractivity (Wildman–Crippen MR) is 105 cm³/mol. The number of morpholine rings is 1. The van der Waals surface area contributed by atoms with Crippen molar-refractivity contribution in [2.45, 2.75) is 40.3 Å². The summed E-state index contributed by atoms with van der Waals surface area (Å²) in [5.74, 6) is 1.55. The Morgan fingerprint density at radius 3 is 2.92 bits per heavy atom. The molecule has 1 aliphatic rings. The number of nitrogens with zero attached hydrogens (tertiary/aromatic N) is 2. The first kappa shape index (κ1) is 19.7. The van der Waals surface area contributed by atoms with Crippen molar-refractivity contribution in [3.05, 3.63) is 35.4 Å². The van der Waals surface area contributed by atoms with Crippen LogP contribution in [-0.4, -0.2) is 56.3 Å². The fraction of sp³-hybridized carbons (Fsp3) is 0.650. The van der Waals surface area contributed by atoms with Crippen molar-refractivity contribution in [1.29, 1.82) is 0 Å². The number of hydrogen-bond acceptors (Lipinski definition) is 3. The van der Waals surface area contributed by atoms with Crippen LogP contribution in [0, 0.1) is 12.8 Å². The van der Waals surface area contributed by atoms with Gasteiger partial charge in [-0.15, -0.1) is 0 Å². The largest absolute Gasteiger partial charge is 0.374 e. The summed E-state index contributed by atoms with van der Waals surface area (Å²) < 4.78 is 5.91. The maximum atomic E-state index is 5.91.